The van der Waals surface area contributed by atoms with E-state index in [4.69, 9.17) is 16.3 Å². The topological polar surface area (TPSA) is 72.5 Å². The van der Waals surface area contributed by atoms with Gasteiger partial charge in [-0.25, -0.2) is 0 Å². The fourth-order valence-corrected chi connectivity index (χ4v) is 3.39. The maximum atomic E-state index is 12.4. The van der Waals surface area contributed by atoms with Gasteiger partial charge in [0, 0.05) is 22.1 Å². The van der Waals surface area contributed by atoms with E-state index < -0.39 is 5.91 Å². The monoisotopic (exact) mass is 399 g/mol. The number of hydrogen-bond donors (Lipinski definition) is 1. The summed E-state index contributed by atoms with van der Waals surface area (Å²) in [6.07, 6.45) is 4.89. The third-order valence-electron chi connectivity index (χ3n) is 4.83. The van der Waals surface area contributed by atoms with Crippen LogP contribution >= 0.6 is 11.6 Å². The first-order valence-corrected chi connectivity index (χ1v) is 9.77. The van der Waals surface area contributed by atoms with E-state index in [0.717, 1.165) is 32.1 Å². The van der Waals surface area contributed by atoms with Crippen LogP contribution in [0.5, 0.6) is 5.75 Å². The molecule has 1 aliphatic rings. The van der Waals surface area contributed by atoms with E-state index in [1.54, 1.807) is 48.5 Å². The number of carbonyl (C=O) groups is 3. The first-order chi connectivity index (χ1) is 13.5. The number of amides is 2. The quantitative estimate of drug-likeness (QED) is 0.740. The second-order valence-corrected chi connectivity index (χ2v) is 7.33. The van der Waals surface area contributed by atoms with Crippen molar-refractivity contribution >= 4 is 29.2 Å². The van der Waals surface area contributed by atoms with Crippen LogP contribution in [0.3, 0.4) is 0 Å². The van der Waals surface area contributed by atoms with Gasteiger partial charge in [-0.05, 0) is 61.4 Å². The summed E-state index contributed by atoms with van der Waals surface area (Å²) in [5, 5.41) is 2.98. The maximum Gasteiger partial charge on any atom is 0.264 e. The molecule has 2 aromatic carbocycles. The molecular weight excluding hydrogens is 378 g/mol. The van der Waals surface area contributed by atoms with Crippen LogP contribution in [0.2, 0.25) is 5.02 Å². The Balaban J connectivity index is 1.50. The van der Waals surface area contributed by atoms with Crippen LogP contribution in [0.4, 0.5) is 0 Å². The van der Waals surface area contributed by atoms with Gasteiger partial charge in [0.1, 0.15) is 5.75 Å². The number of ketones is 1. The van der Waals surface area contributed by atoms with Gasteiger partial charge in [0.05, 0.1) is 0 Å². The summed E-state index contributed by atoms with van der Waals surface area (Å²) < 4.78 is 5.42. The molecule has 0 atom stereocenters. The Morgan fingerprint density at radius 2 is 1.46 bits per heavy atom. The van der Waals surface area contributed by atoms with E-state index in [1.165, 1.54) is 0 Å². The van der Waals surface area contributed by atoms with Crippen molar-refractivity contribution in [2.75, 3.05) is 6.61 Å². The van der Waals surface area contributed by atoms with Crippen LogP contribution in [0.15, 0.2) is 48.5 Å². The van der Waals surface area contributed by atoms with Gasteiger partial charge in [-0.3, -0.25) is 19.7 Å². The Morgan fingerprint density at radius 3 is 2.07 bits per heavy atom. The van der Waals surface area contributed by atoms with Crippen LogP contribution in [-0.2, 0) is 9.59 Å². The third-order valence-corrected chi connectivity index (χ3v) is 5.08. The minimum atomic E-state index is -0.461. The Bertz CT molecular complexity index is 840. The SMILES string of the molecule is O=C(COc1ccc(C(=O)c2ccc(Cl)cc2)cc1)NC(=O)C1CCCCC1. The number of imide groups is 1. The zero-order chi connectivity index (χ0) is 19.9. The van der Waals surface area contributed by atoms with Crippen molar-refractivity contribution in [1.29, 1.82) is 0 Å². The maximum absolute atomic E-state index is 12.4. The van der Waals surface area contributed by atoms with Crippen LogP contribution < -0.4 is 10.1 Å². The Labute approximate surface area is 169 Å². The standard InChI is InChI=1S/C22H22ClNO4/c23-18-10-6-15(7-11-18)21(26)16-8-12-19(13-9-16)28-14-20(25)24-22(27)17-4-2-1-3-5-17/h6-13,17H,1-5,14H2,(H,24,25,27). The van der Waals surface area contributed by atoms with Crippen LogP contribution in [0, 0.1) is 5.92 Å². The van der Waals surface area contributed by atoms with Gasteiger partial charge >= 0.3 is 0 Å². The zero-order valence-corrected chi connectivity index (χ0v) is 16.2. The molecule has 0 unspecified atom stereocenters. The number of benzene rings is 2. The summed E-state index contributed by atoms with van der Waals surface area (Å²) in [5.41, 5.74) is 1.05. The zero-order valence-electron chi connectivity index (χ0n) is 15.4. The highest BCUT2D eigenvalue weighted by molar-refractivity contribution is 6.30. The van der Waals surface area contributed by atoms with Crippen molar-refractivity contribution in [3.05, 3.63) is 64.7 Å². The van der Waals surface area contributed by atoms with E-state index >= 15 is 0 Å². The van der Waals surface area contributed by atoms with Crippen molar-refractivity contribution < 1.29 is 19.1 Å². The molecule has 5 nitrogen and oxygen atoms in total. The molecule has 0 spiro atoms. The fourth-order valence-electron chi connectivity index (χ4n) is 3.26. The van der Waals surface area contributed by atoms with Crippen molar-refractivity contribution in [3.8, 4) is 5.75 Å². The van der Waals surface area contributed by atoms with Gasteiger partial charge in [-0.15, -0.1) is 0 Å². The van der Waals surface area contributed by atoms with Crippen LogP contribution in [0.25, 0.3) is 0 Å². The van der Waals surface area contributed by atoms with Gasteiger partial charge < -0.3 is 4.74 Å². The lowest BCUT2D eigenvalue weighted by molar-refractivity contribution is -0.134. The average molecular weight is 400 g/mol. The molecule has 1 saturated carbocycles. The first-order valence-electron chi connectivity index (χ1n) is 9.40. The Kier molecular flexibility index (Phi) is 6.82. The molecule has 2 aromatic rings. The molecule has 0 bridgehead atoms. The van der Waals surface area contributed by atoms with E-state index in [0.29, 0.717) is 21.9 Å². The van der Waals surface area contributed by atoms with Crippen molar-refractivity contribution in [2.24, 2.45) is 5.92 Å². The van der Waals surface area contributed by atoms with E-state index in [1.807, 2.05) is 0 Å². The molecule has 28 heavy (non-hydrogen) atoms. The molecule has 0 radical (unpaired) electrons. The number of hydrogen-bond acceptors (Lipinski definition) is 4. The highest BCUT2D eigenvalue weighted by atomic mass is 35.5. The second-order valence-electron chi connectivity index (χ2n) is 6.90. The fraction of sp³-hybridized carbons (Fsp3) is 0.318. The smallest absolute Gasteiger partial charge is 0.264 e. The summed E-state index contributed by atoms with van der Waals surface area (Å²) in [5.74, 6) is -0.420. The molecule has 0 heterocycles. The normalized spacial score (nSPS) is 14.3. The molecule has 1 N–H and O–H groups in total. The molecule has 3 rings (SSSR count). The van der Waals surface area contributed by atoms with Gasteiger partial charge in [0.2, 0.25) is 5.91 Å². The summed E-state index contributed by atoms with van der Waals surface area (Å²) in [7, 11) is 0. The predicted molar refractivity (Wildman–Crippen MR) is 107 cm³/mol. The van der Waals surface area contributed by atoms with Crippen molar-refractivity contribution in [1.82, 2.24) is 5.32 Å². The molecule has 1 aliphatic carbocycles. The largest absolute Gasteiger partial charge is 0.484 e. The van der Waals surface area contributed by atoms with E-state index in [2.05, 4.69) is 5.32 Å². The Hall–Kier alpha value is -2.66. The molecule has 6 heteroatoms. The number of ether oxygens (including phenoxy) is 1. The van der Waals surface area contributed by atoms with Gasteiger partial charge in [-0.2, -0.15) is 0 Å². The van der Waals surface area contributed by atoms with Crippen LogP contribution in [-0.4, -0.2) is 24.2 Å². The molecule has 0 saturated heterocycles. The van der Waals surface area contributed by atoms with Crippen LogP contribution in [0.1, 0.15) is 48.0 Å². The second kappa shape index (κ2) is 9.51. The van der Waals surface area contributed by atoms with Gasteiger partial charge in [0.15, 0.2) is 12.4 Å². The molecule has 146 valence electrons. The number of halogens is 1. The van der Waals surface area contributed by atoms with E-state index in [-0.39, 0.29) is 24.2 Å². The lowest BCUT2D eigenvalue weighted by atomic mass is 9.89. The summed E-state index contributed by atoms with van der Waals surface area (Å²) in [6, 6.07) is 13.2. The third kappa shape index (κ3) is 5.42. The average Bonchev–Trinajstić information content (AvgIpc) is 2.73. The van der Waals surface area contributed by atoms with Gasteiger partial charge in [-0.1, -0.05) is 30.9 Å². The predicted octanol–water partition coefficient (Wildman–Crippen LogP) is 4.17. The number of nitrogens with one attached hydrogen (secondary N) is 1. The molecular formula is C22H22ClNO4. The molecule has 0 aliphatic heterocycles. The first kappa shape index (κ1) is 20.1. The molecule has 1 fully saturated rings. The summed E-state index contributed by atoms with van der Waals surface area (Å²) >= 11 is 5.84. The molecule has 2 amide bonds. The highest BCUT2D eigenvalue weighted by Crippen LogP contribution is 2.23. The minimum Gasteiger partial charge on any atom is -0.484 e. The summed E-state index contributed by atoms with van der Waals surface area (Å²) in [4.78, 5) is 36.4. The number of rotatable bonds is 6. The minimum absolute atomic E-state index is 0.0733. The summed E-state index contributed by atoms with van der Waals surface area (Å²) in [6.45, 7) is -0.247. The molecule has 0 aromatic heterocycles. The lowest BCUT2D eigenvalue weighted by Crippen LogP contribution is -2.39. The Morgan fingerprint density at radius 1 is 0.893 bits per heavy atom. The van der Waals surface area contributed by atoms with Crippen molar-refractivity contribution in [3.63, 3.8) is 0 Å². The number of carbonyl (C=O) groups excluding carboxylic acids is 3. The highest BCUT2D eigenvalue weighted by Gasteiger charge is 2.22. The van der Waals surface area contributed by atoms with Crippen molar-refractivity contribution in [2.45, 2.75) is 32.1 Å². The lowest BCUT2D eigenvalue weighted by Gasteiger charge is -2.20. The van der Waals surface area contributed by atoms with E-state index in [9.17, 15) is 14.4 Å². The van der Waals surface area contributed by atoms with Gasteiger partial charge in [0.25, 0.3) is 5.91 Å².